The molecule has 0 bridgehead atoms. The van der Waals surface area contributed by atoms with Crippen molar-refractivity contribution in [1.82, 2.24) is 5.16 Å². The molecule has 1 aromatic heterocycles. The standard InChI is InChI=1S/C5H7ClN2O/c1-2-3-4(6)8-9-5(3)7/h2,7H2,1H3. The maximum Gasteiger partial charge on any atom is 0.226 e. The molecule has 0 aliphatic rings. The number of nitrogens with zero attached hydrogens (tertiary/aromatic N) is 1. The van der Waals surface area contributed by atoms with Crippen molar-refractivity contribution in [2.24, 2.45) is 0 Å². The first-order valence-electron chi connectivity index (χ1n) is 2.65. The number of halogens is 1. The van der Waals surface area contributed by atoms with Gasteiger partial charge in [0.25, 0.3) is 0 Å². The molecule has 0 amide bonds. The summed E-state index contributed by atoms with van der Waals surface area (Å²) in [6.45, 7) is 1.94. The summed E-state index contributed by atoms with van der Waals surface area (Å²) in [5, 5.41) is 3.82. The van der Waals surface area contributed by atoms with Gasteiger partial charge in [-0.1, -0.05) is 23.7 Å². The molecule has 1 heterocycles. The molecule has 0 aliphatic heterocycles. The average Bonchev–Trinajstić information content (AvgIpc) is 2.12. The molecule has 0 aromatic carbocycles. The Balaban J connectivity index is 3.07. The quantitative estimate of drug-likeness (QED) is 0.653. The lowest BCUT2D eigenvalue weighted by Crippen LogP contribution is -1.86. The smallest absolute Gasteiger partial charge is 0.226 e. The number of hydrogen-bond donors (Lipinski definition) is 1. The highest BCUT2D eigenvalue weighted by Crippen LogP contribution is 2.20. The fourth-order valence-electron chi connectivity index (χ4n) is 0.621. The summed E-state index contributed by atoms with van der Waals surface area (Å²) in [5.41, 5.74) is 6.13. The Kier molecular flexibility index (Phi) is 1.62. The molecular weight excluding hydrogens is 140 g/mol. The van der Waals surface area contributed by atoms with Gasteiger partial charge in [-0.3, -0.25) is 0 Å². The van der Waals surface area contributed by atoms with Crippen molar-refractivity contribution < 1.29 is 4.52 Å². The third-order valence-corrected chi connectivity index (χ3v) is 1.42. The summed E-state index contributed by atoms with van der Waals surface area (Å²) in [7, 11) is 0. The average molecular weight is 147 g/mol. The summed E-state index contributed by atoms with van der Waals surface area (Å²) in [6.07, 6.45) is 0.758. The molecule has 0 radical (unpaired) electrons. The second-order valence-electron chi connectivity index (χ2n) is 1.67. The fourth-order valence-corrected chi connectivity index (χ4v) is 0.882. The fraction of sp³-hybridized carbons (Fsp3) is 0.400. The van der Waals surface area contributed by atoms with Crippen LogP contribution in [0.25, 0.3) is 0 Å². The zero-order valence-electron chi connectivity index (χ0n) is 5.02. The Morgan fingerprint density at radius 1 is 1.78 bits per heavy atom. The van der Waals surface area contributed by atoms with E-state index < -0.39 is 0 Å². The van der Waals surface area contributed by atoms with Crippen LogP contribution in [0.3, 0.4) is 0 Å². The SMILES string of the molecule is CCc1c(Cl)noc1N. The number of anilines is 1. The van der Waals surface area contributed by atoms with E-state index in [1.165, 1.54) is 0 Å². The maximum atomic E-state index is 5.56. The van der Waals surface area contributed by atoms with Gasteiger partial charge in [-0.05, 0) is 6.42 Å². The summed E-state index contributed by atoms with van der Waals surface area (Å²) in [6, 6.07) is 0. The van der Waals surface area contributed by atoms with Crippen LogP contribution in [0.4, 0.5) is 5.88 Å². The highest BCUT2D eigenvalue weighted by molar-refractivity contribution is 6.30. The molecule has 0 fully saturated rings. The number of aromatic nitrogens is 1. The number of hydrogen-bond acceptors (Lipinski definition) is 3. The molecule has 0 saturated carbocycles. The molecule has 1 rings (SSSR count). The molecule has 0 aliphatic carbocycles. The van der Waals surface area contributed by atoms with Crippen LogP contribution in [0, 0.1) is 0 Å². The highest BCUT2D eigenvalue weighted by atomic mass is 35.5. The zero-order chi connectivity index (χ0) is 6.85. The normalized spacial score (nSPS) is 10.0. The van der Waals surface area contributed by atoms with Crippen LogP contribution in [-0.4, -0.2) is 5.16 Å². The zero-order valence-corrected chi connectivity index (χ0v) is 5.77. The largest absolute Gasteiger partial charge is 0.367 e. The maximum absolute atomic E-state index is 5.56. The Morgan fingerprint density at radius 2 is 2.44 bits per heavy atom. The van der Waals surface area contributed by atoms with E-state index in [1.54, 1.807) is 0 Å². The van der Waals surface area contributed by atoms with Crippen LogP contribution >= 0.6 is 11.6 Å². The Morgan fingerprint density at radius 3 is 2.67 bits per heavy atom. The van der Waals surface area contributed by atoms with E-state index in [0.29, 0.717) is 11.0 Å². The van der Waals surface area contributed by atoms with Crippen molar-refractivity contribution in [2.45, 2.75) is 13.3 Å². The minimum Gasteiger partial charge on any atom is -0.367 e. The molecule has 1 aromatic rings. The van der Waals surface area contributed by atoms with Gasteiger partial charge in [0.05, 0.1) is 5.56 Å². The van der Waals surface area contributed by atoms with E-state index in [4.69, 9.17) is 17.3 Å². The third-order valence-electron chi connectivity index (χ3n) is 1.12. The lowest BCUT2D eigenvalue weighted by Gasteiger charge is -1.86. The van der Waals surface area contributed by atoms with Gasteiger partial charge in [0.1, 0.15) is 0 Å². The number of nitrogen functional groups attached to an aromatic ring is 1. The highest BCUT2D eigenvalue weighted by Gasteiger charge is 2.07. The summed E-state index contributed by atoms with van der Waals surface area (Å²) < 4.78 is 4.58. The number of rotatable bonds is 1. The summed E-state index contributed by atoms with van der Waals surface area (Å²) in [5.74, 6) is 0.322. The second kappa shape index (κ2) is 2.27. The summed E-state index contributed by atoms with van der Waals surface area (Å²) >= 11 is 5.56. The molecule has 4 heteroatoms. The van der Waals surface area contributed by atoms with E-state index in [1.807, 2.05) is 6.92 Å². The molecule has 50 valence electrons. The van der Waals surface area contributed by atoms with Crippen LogP contribution < -0.4 is 5.73 Å². The molecule has 2 N–H and O–H groups in total. The second-order valence-corrected chi connectivity index (χ2v) is 2.03. The van der Waals surface area contributed by atoms with Gasteiger partial charge in [0.2, 0.25) is 5.88 Å². The van der Waals surface area contributed by atoms with Crippen LogP contribution in [-0.2, 0) is 6.42 Å². The van der Waals surface area contributed by atoms with Gasteiger partial charge in [0, 0.05) is 0 Å². The topological polar surface area (TPSA) is 52.0 Å². The Hall–Kier alpha value is -0.700. The van der Waals surface area contributed by atoms with Crippen molar-refractivity contribution in [2.75, 3.05) is 5.73 Å². The van der Waals surface area contributed by atoms with Crippen molar-refractivity contribution in [3.8, 4) is 0 Å². The van der Waals surface area contributed by atoms with E-state index in [9.17, 15) is 0 Å². The molecule has 9 heavy (non-hydrogen) atoms. The van der Waals surface area contributed by atoms with Gasteiger partial charge >= 0.3 is 0 Å². The van der Waals surface area contributed by atoms with Gasteiger partial charge < -0.3 is 10.3 Å². The first kappa shape index (κ1) is 6.42. The molecular formula is C5H7ClN2O. The predicted octanol–water partition coefficient (Wildman–Crippen LogP) is 1.47. The van der Waals surface area contributed by atoms with Crippen LogP contribution in [0.1, 0.15) is 12.5 Å². The Bertz CT molecular complexity index is 189. The lowest BCUT2D eigenvalue weighted by atomic mass is 10.3. The van der Waals surface area contributed by atoms with Gasteiger partial charge in [-0.15, -0.1) is 0 Å². The van der Waals surface area contributed by atoms with Gasteiger partial charge in [0.15, 0.2) is 5.15 Å². The van der Waals surface area contributed by atoms with Crippen molar-refractivity contribution >= 4 is 17.5 Å². The first-order valence-corrected chi connectivity index (χ1v) is 3.03. The minimum absolute atomic E-state index is 0.322. The van der Waals surface area contributed by atoms with E-state index in [0.717, 1.165) is 12.0 Å². The molecule has 0 spiro atoms. The van der Waals surface area contributed by atoms with Crippen LogP contribution in [0.15, 0.2) is 4.52 Å². The molecule has 0 atom stereocenters. The van der Waals surface area contributed by atoms with E-state index >= 15 is 0 Å². The van der Waals surface area contributed by atoms with Crippen molar-refractivity contribution in [3.05, 3.63) is 10.7 Å². The summed E-state index contributed by atoms with van der Waals surface area (Å²) in [4.78, 5) is 0. The van der Waals surface area contributed by atoms with Crippen LogP contribution in [0.5, 0.6) is 0 Å². The molecule has 0 saturated heterocycles. The number of nitrogens with two attached hydrogens (primary N) is 1. The minimum atomic E-state index is 0.322. The van der Waals surface area contributed by atoms with Crippen LogP contribution in [0.2, 0.25) is 5.15 Å². The molecule has 3 nitrogen and oxygen atoms in total. The first-order chi connectivity index (χ1) is 4.25. The monoisotopic (exact) mass is 146 g/mol. The third kappa shape index (κ3) is 1.00. The van der Waals surface area contributed by atoms with Gasteiger partial charge in [-0.25, -0.2) is 0 Å². The molecule has 0 unspecified atom stereocenters. The Labute approximate surface area is 57.8 Å². The predicted molar refractivity (Wildman–Crippen MR) is 35.3 cm³/mol. The van der Waals surface area contributed by atoms with E-state index in [2.05, 4.69) is 9.68 Å². The van der Waals surface area contributed by atoms with Crippen molar-refractivity contribution in [1.29, 1.82) is 0 Å². The van der Waals surface area contributed by atoms with E-state index in [-0.39, 0.29) is 0 Å². The lowest BCUT2D eigenvalue weighted by molar-refractivity contribution is 0.436. The van der Waals surface area contributed by atoms with Gasteiger partial charge in [-0.2, -0.15) is 0 Å². The van der Waals surface area contributed by atoms with Crippen molar-refractivity contribution in [3.63, 3.8) is 0 Å².